The molecule has 0 aromatic carbocycles. The minimum absolute atomic E-state index is 0. The van der Waals surface area contributed by atoms with Gasteiger partial charge >= 0.3 is 61.8 Å². The second-order valence-electron chi connectivity index (χ2n) is 0.973. The smallest absolute Gasteiger partial charge is 1.00 e. The van der Waals surface area contributed by atoms with Crippen molar-refractivity contribution in [3.63, 3.8) is 0 Å². The molecular weight excluding hydrogens is 189 g/mol. The van der Waals surface area contributed by atoms with Crippen LogP contribution in [0, 0.1) is 0 Å². The summed E-state index contributed by atoms with van der Waals surface area (Å²) >= 11 is 0. The van der Waals surface area contributed by atoms with Gasteiger partial charge in [-0.2, -0.15) is 8.42 Å². The Bertz CT molecular complexity index is 149. The zero-order valence-electron chi connectivity index (χ0n) is 6.65. The number of hydrogen-bond acceptors (Lipinski definition) is 5. The maximum absolute atomic E-state index is 9.61. The SMILES string of the molecule is N.O=S(=O)(O)OCCO.[H-].[K+]. The fraction of sp³-hybridized carbons (Fsp3) is 1.00. The summed E-state index contributed by atoms with van der Waals surface area (Å²) in [5, 5.41) is 7.93. The summed E-state index contributed by atoms with van der Waals surface area (Å²) in [5.41, 5.74) is 0. The van der Waals surface area contributed by atoms with Crippen LogP contribution in [0.1, 0.15) is 1.43 Å². The number of rotatable bonds is 3. The number of aliphatic hydroxyl groups excluding tert-OH is 1. The molecule has 8 heteroatoms. The van der Waals surface area contributed by atoms with Crippen LogP contribution in [0.4, 0.5) is 0 Å². The van der Waals surface area contributed by atoms with Gasteiger partial charge in [0, 0.05) is 0 Å². The standard InChI is InChI=1S/C2H6O5S.K.H3N.H/c3-1-2-7-8(4,5)6;;;/h3H,1-2H2,(H,4,5,6);;1H3;/q;+1;;-1. The van der Waals surface area contributed by atoms with Crippen LogP contribution in [-0.2, 0) is 14.6 Å². The van der Waals surface area contributed by atoms with Gasteiger partial charge in [0.25, 0.3) is 0 Å². The zero-order chi connectivity index (χ0) is 6.62. The van der Waals surface area contributed by atoms with Gasteiger partial charge in [-0.25, -0.2) is 4.18 Å². The molecule has 0 aromatic heterocycles. The minimum atomic E-state index is -4.35. The third-order valence-electron chi connectivity index (χ3n) is 0.324. The van der Waals surface area contributed by atoms with E-state index >= 15 is 0 Å². The van der Waals surface area contributed by atoms with Crippen LogP contribution in [0.25, 0.3) is 0 Å². The first kappa shape index (κ1) is 17.5. The van der Waals surface area contributed by atoms with Gasteiger partial charge in [-0.3, -0.25) is 4.55 Å². The van der Waals surface area contributed by atoms with Crippen molar-refractivity contribution in [2.45, 2.75) is 0 Å². The maximum Gasteiger partial charge on any atom is 1.00 e. The molecule has 60 valence electrons. The summed E-state index contributed by atoms with van der Waals surface area (Å²) in [5.74, 6) is 0. The fourth-order valence-corrected chi connectivity index (χ4v) is 0.428. The van der Waals surface area contributed by atoms with Crippen molar-refractivity contribution in [2.75, 3.05) is 13.2 Å². The average molecular weight is 199 g/mol. The summed E-state index contributed by atoms with van der Waals surface area (Å²) in [7, 11) is -4.35. The quantitative estimate of drug-likeness (QED) is 0.315. The molecule has 0 saturated heterocycles. The van der Waals surface area contributed by atoms with E-state index in [4.69, 9.17) is 9.66 Å². The molecule has 10 heavy (non-hydrogen) atoms. The van der Waals surface area contributed by atoms with E-state index in [1.807, 2.05) is 0 Å². The fourth-order valence-electron chi connectivity index (χ4n) is 0.143. The molecule has 0 aliphatic carbocycles. The van der Waals surface area contributed by atoms with Gasteiger partial charge in [-0.05, 0) is 0 Å². The monoisotopic (exact) mass is 199 g/mol. The second kappa shape index (κ2) is 8.52. The molecule has 5 N–H and O–H groups in total. The third kappa shape index (κ3) is 16.2. The van der Waals surface area contributed by atoms with Crippen molar-refractivity contribution in [1.82, 2.24) is 6.15 Å². The summed E-state index contributed by atoms with van der Waals surface area (Å²) < 4.78 is 30.7. The molecule has 0 aromatic rings. The van der Waals surface area contributed by atoms with E-state index in [1.165, 1.54) is 0 Å². The molecule has 0 bridgehead atoms. The van der Waals surface area contributed by atoms with E-state index in [0.717, 1.165) is 0 Å². The van der Waals surface area contributed by atoms with E-state index in [2.05, 4.69) is 4.18 Å². The van der Waals surface area contributed by atoms with Crippen LogP contribution in [0.5, 0.6) is 0 Å². The third-order valence-corrected chi connectivity index (χ3v) is 0.788. The van der Waals surface area contributed by atoms with Crippen LogP contribution >= 0.6 is 0 Å². The summed E-state index contributed by atoms with van der Waals surface area (Å²) in [6.45, 7) is -0.835. The first-order valence-electron chi connectivity index (χ1n) is 1.79. The predicted molar refractivity (Wildman–Crippen MR) is 30.7 cm³/mol. The van der Waals surface area contributed by atoms with Gasteiger partial charge in [-0.15, -0.1) is 0 Å². The zero-order valence-corrected chi connectivity index (χ0v) is 9.59. The van der Waals surface area contributed by atoms with Crippen molar-refractivity contribution in [1.29, 1.82) is 0 Å². The van der Waals surface area contributed by atoms with Crippen LogP contribution in [-0.4, -0.2) is 31.3 Å². The summed E-state index contributed by atoms with van der Waals surface area (Å²) in [6, 6.07) is 0. The number of aliphatic hydroxyl groups is 1. The van der Waals surface area contributed by atoms with Crippen LogP contribution in [0.3, 0.4) is 0 Å². The van der Waals surface area contributed by atoms with Crippen LogP contribution in [0.2, 0.25) is 0 Å². The van der Waals surface area contributed by atoms with E-state index in [0.29, 0.717) is 0 Å². The predicted octanol–water partition coefficient (Wildman–Crippen LogP) is -3.92. The molecule has 0 spiro atoms. The molecule has 0 atom stereocenters. The second-order valence-corrected chi connectivity index (χ2v) is 2.06. The number of hydrogen-bond donors (Lipinski definition) is 3. The van der Waals surface area contributed by atoms with Gasteiger partial charge in [-0.1, -0.05) is 0 Å². The first-order chi connectivity index (χ1) is 3.56. The van der Waals surface area contributed by atoms with Crippen LogP contribution < -0.4 is 57.5 Å². The average Bonchev–Trinajstić information content (AvgIpc) is 1.59. The molecule has 0 rings (SSSR count). The van der Waals surface area contributed by atoms with Crippen molar-refractivity contribution >= 4 is 10.4 Å². The topological polar surface area (TPSA) is 119 Å². The van der Waals surface area contributed by atoms with E-state index in [1.54, 1.807) is 0 Å². The Morgan fingerprint density at radius 3 is 2.00 bits per heavy atom. The van der Waals surface area contributed by atoms with Gasteiger partial charge in [0.2, 0.25) is 0 Å². The Morgan fingerprint density at radius 2 is 1.90 bits per heavy atom. The summed E-state index contributed by atoms with van der Waals surface area (Å²) in [6.07, 6.45) is 0. The molecule has 0 aliphatic heterocycles. The molecule has 0 unspecified atom stereocenters. The van der Waals surface area contributed by atoms with Gasteiger partial charge in [0.1, 0.15) is 0 Å². The Labute approximate surface area is 103 Å². The molecule has 0 heterocycles. The maximum atomic E-state index is 9.61. The molecule has 0 fully saturated rings. The van der Waals surface area contributed by atoms with Gasteiger partial charge < -0.3 is 12.7 Å². The van der Waals surface area contributed by atoms with Crippen LogP contribution in [0.15, 0.2) is 0 Å². The summed E-state index contributed by atoms with van der Waals surface area (Å²) in [4.78, 5) is 0. The molecular formula is C2H10KNO5S. The Hall–Kier alpha value is 1.43. The molecule has 6 nitrogen and oxygen atoms in total. The first-order valence-corrected chi connectivity index (χ1v) is 3.15. The Morgan fingerprint density at radius 1 is 1.50 bits per heavy atom. The molecule has 0 saturated carbocycles. The molecule has 0 aliphatic rings. The normalized spacial score (nSPS) is 9.40. The van der Waals surface area contributed by atoms with Gasteiger partial charge in [0.15, 0.2) is 0 Å². The molecule has 0 amide bonds. The van der Waals surface area contributed by atoms with Crippen molar-refractivity contribution in [3.8, 4) is 0 Å². The largest absolute Gasteiger partial charge is 1.00 e. The van der Waals surface area contributed by atoms with Crippen molar-refractivity contribution in [3.05, 3.63) is 0 Å². The van der Waals surface area contributed by atoms with Crippen molar-refractivity contribution in [2.24, 2.45) is 0 Å². The molecule has 0 radical (unpaired) electrons. The van der Waals surface area contributed by atoms with E-state index in [9.17, 15) is 8.42 Å². The Kier molecular flexibility index (Phi) is 14.9. The minimum Gasteiger partial charge on any atom is -1.00 e. The van der Waals surface area contributed by atoms with E-state index < -0.39 is 23.6 Å². The van der Waals surface area contributed by atoms with Crippen molar-refractivity contribution < 1.29 is 75.1 Å². The Balaban J connectivity index is -0.0000000817. The van der Waals surface area contributed by atoms with Gasteiger partial charge in [0.05, 0.1) is 13.2 Å². The van der Waals surface area contributed by atoms with E-state index in [-0.39, 0.29) is 59.0 Å².